The third-order valence-corrected chi connectivity index (χ3v) is 4.86. The molecule has 10 heteroatoms. The lowest BCUT2D eigenvalue weighted by Gasteiger charge is -2.10. The third kappa shape index (κ3) is 4.56. The third-order valence-electron chi connectivity index (χ3n) is 4.59. The highest BCUT2D eigenvalue weighted by Gasteiger charge is 2.17. The van der Waals surface area contributed by atoms with Crippen LogP contribution < -0.4 is 11.1 Å². The van der Waals surface area contributed by atoms with Gasteiger partial charge in [0.1, 0.15) is 0 Å². The molecule has 0 bridgehead atoms. The molecule has 0 saturated heterocycles. The number of benzene rings is 1. The minimum absolute atomic E-state index is 0.0774. The van der Waals surface area contributed by atoms with Crippen LogP contribution in [0.25, 0.3) is 22.8 Å². The summed E-state index contributed by atoms with van der Waals surface area (Å²) in [5.41, 5.74) is 9.07. The van der Waals surface area contributed by atoms with Crippen molar-refractivity contribution in [2.45, 2.75) is 12.8 Å². The lowest BCUT2D eigenvalue weighted by atomic mass is 10.1. The van der Waals surface area contributed by atoms with E-state index in [1.165, 1.54) is 4.90 Å². The van der Waals surface area contributed by atoms with E-state index in [4.69, 9.17) is 21.8 Å². The van der Waals surface area contributed by atoms with Crippen molar-refractivity contribution in [3.63, 3.8) is 0 Å². The summed E-state index contributed by atoms with van der Waals surface area (Å²) < 4.78 is 5.69. The molecule has 0 saturated carbocycles. The summed E-state index contributed by atoms with van der Waals surface area (Å²) in [7, 11) is 3.41. The Hall–Kier alpha value is -3.72. The smallest absolute Gasteiger partial charge is 0.320 e. The Bertz CT molecular complexity index is 1180. The van der Waals surface area contributed by atoms with Gasteiger partial charge in [-0.3, -0.25) is 4.79 Å². The Labute approximate surface area is 183 Å². The molecule has 0 spiro atoms. The second kappa shape index (κ2) is 8.57. The maximum absolute atomic E-state index is 12.1. The zero-order chi connectivity index (χ0) is 22.0. The van der Waals surface area contributed by atoms with Crippen LogP contribution in [0.1, 0.15) is 23.2 Å². The predicted molar refractivity (Wildman–Crippen MR) is 118 cm³/mol. The fourth-order valence-corrected chi connectivity index (χ4v) is 3.25. The van der Waals surface area contributed by atoms with E-state index < -0.39 is 0 Å². The SMILES string of the molecule is CN(C)C(=O)c1ccc(-c2cnc(N)c(-c3nnc(NC4=CC(Cl)=CCC4)o3)n2)cc1. The van der Waals surface area contributed by atoms with Crippen molar-refractivity contribution in [2.24, 2.45) is 0 Å². The zero-order valence-corrected chi connectivity index (χ0v) is 17.7. The van der Waals surface area contributed by atoms with Crippen molar-refractivity contribution in [1.29, 1.82) is 0 Å². The van der Waals surface area contributed by atoms with Crippen LogP contribution >= 0.6 is 11.6 Å². The molecule has 0 atom stereocenters. The molecule has 4 rings (SSSR count). The van der Waals surface area contributed by atoms with E-state index in [0.29, 0.717) is 16.3 Å². The number of nitrogen functional groups attached to an aromatic ring is 1. The zero-order valence-electron chi connectivity index (χ0n) is 17.0. The number of aromatic nitrogens is 4. The second-order valence-corrected chi connectivity index (χ2v) is 7.54. The van der Waals surface area contributed by atoms with Crippen LogP contribution in [-0.2, 0) is 0 Å². The molecule has 2 aromatic heterocycles. The van der Waals surface area contributed by atoms with Crippen LogP contribution in [0, 0.1) is 0 Å². The van der Waals surface area contributed by atoms with E-state index in [2.05, 4.69) is 25.5 Å². The molecule has 3 N–H and O–H groups in total. The van der Waals surface area contributed by atoms with Gasteiger partial charge in [-0.2, -0.15) is 0 Å². The van der Waals surface area contributed by atoms with Crippen LogP contribution in [0.5, 0.6) is 0 Å². The van der Waals surface area contributed by atoms with Gasteiger partial charge in [0.15, 0.2) is 11.5 Å². The monoisotopic (exact) mass is 437 g/mol. The summed E-state index contributed by atoms with van der Waals surface area (Å²) in [6, 6.07) is 7.29. The summed E-state index contributed by atoms with van der Waals surface area (Å²) in [5, 5.41) is 11.8. The Kier molecular flexibility index (Phi) is 5.68. The molecule has 1 amide bonds. The molecule has 1 aliphatic rings. The molecule has 0 fully saturated rings. The summed E-state index contributed by atoms with van der Waals surface area (Å²) >= 11 is 6.04. The molecule has 0 aliphatic heterocycles. The van der Waals surface area contributed by atoms with Crippen molar-refractivity contribution in [1.82, 2.24) is 25.1 Å². The number of allylic oxidation sites excluding steroid dienone is 4. The van der Waals surface area contributed by atoms with Gasteiger partial charge in [0, 0.05) is 36.0 Å². The summed E-state index contributed by atoms with van der Waals surface area (Å²) in [5.74, 6) is 0.236. The van der Waals surface area contributed by atoms with E-state index in [1.54, 1.807) is 44.6 Å². The fourth-order valence-electron chi connectivity index (χ4n) is 3.01. The second-order valence-electron chi connectivity index (χ2n) is 7.10. The highest BCUT2D eigenvalue weighted by molar-refractivity contribution is 6.31. The Morgan fingerprint density at radius 1 is 1.23 bits per heavy atom. The molecule has 0 unspecified atom stereocenters. The van der Waals surface area contributed by atoms with Crippen LogP contribution in [0.2, 0.25) is 0 Å². The first-order chi connectivity index (χ1) is 14.9. The number of amides is 1. The van der Waals surface area contributed by atoms with Gasteiger partial charge in [0.05, 0.1) is 11.9 Å². The number of nitrogens with zero attached hydrogens (tertiary/aromatic N) is 5. The number of hydrogen-bond donors (Lipinski definition) is 2. The molecule has 31 heavy (non-hydrogen) atoms. The first kappa shape index (κ1) is 20.5. The van der Waals surface area contributed by atoms with Gasteiger partial charge in [-0.05, 0) is 31.1 Å². The van der Waals surface area contributed by atoms with E-state index >= 15 is 0 Å². The van der Waals surface area contributed by atoms with E-state index in [9.17, 15) is 4.79 Å². The van der Waals surface area contributed by atoms with Crippen LogP contribution in [0.15, 0.2) is 57.8 Å². The Balaban J connectivity index is 1.58. The number of carbonyl (C=O) groups is 1. The Morgan fingerprint density at radius 3 is 2.71 bits per heavy atom. The highest BCUT2D eigenvalue weighted by atomic mass is 35.5. The van der Waals surface area contributed by atoms with E-state index in [0.717, 1.165) is 24.1 Å². The minimum atomic E-state index is -0.0774. The molecule has 9 nitrogen and oxygen atoms in total. The van der Waals surface area contributed by atoms with Gasteiger partial charge in [-0.1, -0.05) is 34.9 Å². The molecule has 1 aromatic carbocycles. The molecule has 2 heterocycles. The van der Waals surface area contributed by atoms with Crippen molar-refractivity contribution < 1.29 is 9.21 Å². The first-order valence-corrected chi connectivity index (χ1v) is 9.90. The van der Waals surface area contributed by atoms with Gasteiger partial charge in [-0.15, -0.1) is 5.10 Å². The quantitative estimate of drug-likeness (QED) is 0.619. The maximum atomic E-state index is 12.1. The number of rotatable bonds is 5. The number of hydrogen-bond acceptors (Lipinski definition) is 8. The maximum Gasteiger partial charge on any atom is 0.320 e. The van der Waals surface area contributed by atoms with Crippen molar-refractivity contribution >= 4 is 29.3 Å². The number of halogens is 1. The molecular formula is C21H20ClN7O2. The van der Waals surface area contributed by atoms with Gasteiger partial charge in [0.2, 0.25) is 0 Å². The van der Waals surface area contributed by atoms with Crippen molar-refractivity contribution in [2.75, 3.05) is 25.1 Å². The standard InChI is InChI=1S/C21H20ClN7O2/c1-29(2)20(30)13-8-6-12(7-9-13)16-11-24-18(23)17(26-16)19-27-28-21(31-19)25-15-5-3-4-14(22)10-15/h4,6-11H,3,5H2,1-2H3,(H2,23,24)(H,25,28). The van der Waals surface area contributed by atoms with Gasteiger partial charge in [-0.25, -0.2) is 9.97 Å². The fraction of sp³-hybridized carbons (Fsp3) is 0.190. The van der Waals surface area contributed by atoms with Crippen LogP contribution in [0.3, 0.4) is 0 Å². The minimum Gasteiger partial charge on any atom is -0.401 e. The van der Waals surface area contributed by atoms with Crippen molar-refractivity contribution in [3.05, 3.63) is 58.9 Å². The highest BCUT2D eigenvalue weighted by Crippen LogP contribution is 2.27. The average molecular weight is 438 g/mol. The molecular weight excluding hydrogens is 418 g/mol. The topological polar surface area (TPSA) is 123 Å². The van der Waals surface area contributed by atoms with Gasteiger partial charge < -0.3 is 20.4 Å². The Morgan fingerprint density at radius 2 is 2.00 bits per heavy atom. The summed E-state index contributed by atoms with van der Waals surface area (Å²) in [6.45, 7) is 0. The summed E-state index contributed by atoms with van der Waals surface area (Å²) in [6.07, 6.45) is 6.93. The van der Waals surface area contributed by atoms with Gasteiger partial charge >= 0.3 is 6.01 Å². The normalized spacial score (nSPS) is 13.4. The lowest BCUT2D eigenvalue weighted by molar-refractivity contribution is 0.0827. The largest absolute Gasteiger partial charge is 0.401 e. The van der Waals surface area contributed by atoms with Crippen LogP contribution in [-0.4, -0.2) is 45.1 Å². The number of nitrogens with two attached hydrogens (primary N) is 1. The summed E-state index contributed by atoms with van der Waals surface area (Å²) in [4.78, 5) is 22.3. The van der Waals surface area contributed by atoms with E-state index in [-0.39, 0.29) is 29.3 Å². The predicted octanol–water partition coefficient (Wildman–Crippen LogP) is 3.69. The van der Waals surface area contributed by atoms with Gasteiger partial charge in [0.25, 0.3) is 11.8 Å². The number of anilines is 2. The first-order valence-electron chi connectivity index (χ1n) is 9.52. The molecule has 3 aromatic rings. The average Bonchev–Trinajstić information content (AvgIpc) is 3.22. The molecule has 1 aliphatic carbocycles. The lowest BCUT2D eigenvalue weighted by Crippen LogP contribution is -2.21. The van der Waals surface area contributed by atoms with Crippen LogP contribution in [0.4, 0.5) is 11.8 Å². The molecule has 158 valence electrons. The number of nitrogens with one attached hydrogen (secondary N) is 1. The number of carbonyl (C=O) groups excluding carboxylic acids is 1. The van der Waals surface area contributed by atoms with E-state index in [1.807, 2.05) is 12.2 Å². The van der Waals surface area contributed by atoms with Crippen molar-refractivity contribution in [3.8, 4) is 22.8 Å². The molecule has 0 radical (unpaired) electrons.